The highest BCUT2D eigenvalue weighted by molar-refractivity contribution is 5.87. The maximum Gasteiger partial charge on any atom is 0.410 e. The Morgan fingerprint density at radius 1 is 1.10 bits per heavy atom. The molecular weight excluding hydrogens is 394 g/mol. The monoisotopic (exact) mass is 425 g/mol. The van der Waals surface area contributed by atoms with Gasteiger partial charge in [0.15, 0.2) is 0 Å². The van der Waals surface area contributed by atoms with Gasteiger partial charge < -0.3 is 19.4 Å². The van der Waals surface area contributed by atoms with Crippen LogP contribution in [0.1, 0.15) is 45.2 Å². The first-order valence-corrected chi connectivity index (χ1v) is 10.9. The van der Waals surface area contributed by atoms with Gasteiger partial charge in [0.25, 0.3) is 0 Å². The normalized spacial score (nSPS) is 18.6. The molecule has 3 heterocycles. The standard InChI is InChI=1S/C23H31N5O3/c1-23(2,3)31-22(30)27-9-7-16(8-10-27)21-18-6-5-17(13-19(18)24-15-25-21)28-12-11-26(4)20(29)14-28/h5-6,13,15-16H,7-12,14H2,1-4H3. The highest BCUT2D eigenvalue weighted by Crippen LogP contribution is 2.33. The number of ether oxygens (including phenoxy) is 1. The third-order valence-corrected chi connectivity index (χ3v) is 6.01. The quantitative estimate of drug-likeness (QED) is 0.736. The maximum atomic E-state index is 12.3. The number of likely N-dealkylation sites (N-methyl/N-ethyl adjacent to an activating group) is 1. The zero-order chi connectivity index (χ0) is 22.2. The van der Waals surface area contributed by atoms with Crippen molar-refractivity contribution in [3.63, 3.8) is 0 Å². The minimum Gasteiger partial charge on any atom is -0.444 e. The lowest BCUT2D eigenvalue weighted by Crippen LogP contribution is -2.48. The summed E-state index contributed by atoms with van der Waals surface area (Å²) in [6.45, 7) is 8.91. The average molecular weight is 426 g/mol. The van der Waals surface area contributed by atoms with Gasteiger partial charge in [0.2, 0.25) is 5.91 Å². The summed E-state index contributed by atoms with van der Waals surface area (Å²) in [6.07, 6.45) is 3.07. The number of carbonyl (C=O) groups is 2. The molecule has 2 aliphatic rings. The highest BCUT2D eigenvalue weighted by Gasteiger charge is 2.29. The van der Waals surface area contributed by atoms with Crippen molar-refractivity contribution in [1.82, 2.24) is 19.8 Å². The molecule has 0 unspecified atom stereocenters. The second-order valence-electron chi connectivity index (χ2n) is 9.44. The van der Waals surface area contributed by atoms with Gasteiger partial charge in [0, 0.05) is 50.2 Å². The van der Waals surface area contributed by atoms with E-state index in [2.05, 4.69) is 33.1 Å². The molecule has 1 aromatic carbocycles. The molecule has 2 fully saturated rings. The van der Waals surface area contributed by atoms with E-state index < -0.39 is 5.60 Å². The zero-order valence-corrected chi connectivity index (χ0v) is 18.8. The molecule has 0 spiro atoms. The van der Waals surface area contributed by atoms with Crippen LogP contribution in [0.4, 0.5) is 10.5 Å². The van der Waals surface area contributed by atoms with Gasteiger partial charge in [-0.25, -0.2) is 14.8 Å². The molecule has 0 N–H and O–H groups in total. The lowest BCUT2D eigenvalue weighted by Gasteiger charge is -2.34. The third-order valence-electron chi connectivity index (χ3n) is 6.01. The number of rotatable bonds is 2. The van der Waals surface area contributed by atoms with Gasteiger partial charge in [0.05, 0.1) is 17.8 Å². The second-order valence-corrected chi connectivity index (χ2v) is 9.44. The van der Waals surface area contributed by atoms with Crippen LogP contribution >= 0.6 is 0 Å². The number of hydrogen-bond acceptors (Lipinski definition) is 6. The first-order chi connectivity index (χ1) is 14.7. The number of benzene rings is 1. The minimum atomic E-state index is -0.483. The molecule has 0 saturated carbocycles. The Morgan fingerprint density at radius 2 is 1.84 bits per heavy atom. The molecule has 0 bridgehead atoms. The molecule has 2 saturated heterocycles. The number of piperidine rings is 1. The van der Waals surface area contributed by atoms with Crippen molar-refractivity contribution in [2.45, 2.75) is 45.1 Å². The van der Waals surface area contributed by atoms with Crippen LogP contribution in [0, 0.1) is 0 Å². The van der Waals surface area contributed by atoms with Crippen LogP contribution in [0.3, 0.4) is 0 Å². The fourth-order valence-electron chi connectivity index (χ4n) is 4.23. The Labute approximate surface area is 183 Å². The molecule has 166 valence electrons. The van der Waals surface area contributed by atoms with Gasteiger partial charge in [-0.15, -0.1) is 0 Å². The summed E-state index contributed by atoms with van der Waals surface area (Å²) in [4.78, 5) is 39.2. The molecular formula is C23H31N5O3. The first kappa shape index (κ1) is 21.3. The summed E-state index contributed by atoms with van der Waals surface area (Å²) in [5.74, 6) is 0.409. The van der Waals surface area contributed by atoms with Gasteiger partial charge in [0.1, 0.15) is 11.9 Å². The first-order valence-electron chi connectivity index (χ1n) is 10.9. The van der Waals surface area contributed by atoms with Crippen LogP contribution in [0.25, 0.3) is 10.9 Å². The third kappa shape index (κ3) is 4.73. The Balaban J connectivity index is 1.48. The van der Waals surface area contributed by atoms with Crippen LogP contribution in [0.2, 0.25) is 0 Å². The summed E-state index contributed by atoms with van der Waals surface area (Å²) in [6, 6.07) is 6.18. The number of carbonyl (C=O) groups excluding carboxylic acids is 2. The number of piperazine rings is 1. The SMILES string of the molecule is CN1CCN(c2ccc3c(C4CCN(C(=O)OC(C)(C)C)CC4)ncnc3c2)CC1=O. The highest BCUT2D eigenvalue weighted by atomic mass is 16.6. The van der Waals surface area contributed by atoms with E-state index in [1.54, 1.807) is 16.1 Å². The Hall–Kier alpha value is -2.90. The van der Waals surface area contributed by atoms with Crippen molar-refractivity contribution >= 4 is 28.6 Å². The van der Waals surface area contributed by atoms with Crippen LogP contribution in [0.5, 0.6) is 0 Å². The molecule has 2 amide bonds. The predicted octanol–water partition coefficient (Wildman–Crippen LogP) is 3.02. The summed E-state index contributed by atoms with van der Waals surface area (Å²) in [7, 11) is 1.84. The second kappa shape index (κ2) is 8.32. The van der Waals surface area contributed by atoms with Crippen molar-refractivity contribution in [2.75, 3.05) is 44.7 Å². The Kier molecular flexibility index (Phi) is 5.73. The molecule has 8 heteroatoms. The summed E-state index contributed by atoms with van der Waals surface area (Å²) >= 11 is 0. The number of aromatic nitrogens is 2. The predicted molar refractivity (Wildman–Crippen MR) is 119 cm³/mol. The number of likely N-dealkylation sites (tertiary alicyclic amines) is 1. The smallest absolute Gasteiger partial charge is 0.410 e. The number of amides is 2. The fraction of sp³-hybridized carbons (Fsp3) is 0.565. The molecule has 0 radical (unpaired) electrons. The summed E-state index contributed by atoms with van der Waals surface area (Å²) in [5.41, 5.74) is 2.46. The van der Waals surface area contributed by atoms with E-state index in [1.807, 2.05) is 27.8 Å². The minimum absolute atomic E-state index is 0.131. The van der Waals surface area contributed by atoms with Gasteiger partial charge in [-0.2, -0.15) is 0 Å². The molecule has 1 aromatic heterocycles. The fourth-order valence-corrected chi connectivity index (χ4v) is 4.23. The van der Waals surface area contributed by atoms with Gasteiger partial charge >= 0.3 is 6.09 Å². The van der Waals surface area contributed by atoms with Crippen LogP contribution in [-0.2, 0) is 9.53 Å². The van der Waals surface area contributed by atoms with Crippen molar-refractivity contribution in [1.29, 1.82) is 0 Å². The number of nitrogens with zero attached hydrogens (tertiary/aromatic N) is 5. The van der Waals surface area contributed by atoms with Crippen molar-refractivity contribution < 1.29 is 14.3 Å². The van der Waals surface area contributed by atoms with Crippen LogP contribution in [-0.4, -0.2) is 77.1 Å². The van der Waals surface area contributed by atoms with E-state index in [0.29, 0.717) is 19.6 Å². The number of fused-ring (bicyclic) bond motifs is 1. The van der Waals surface area contributed by atoms with Gasteiger partial charge in [-0.1, -0.05) is 0 Å². The van der Waals surface area contributed by atoms with E-state index in [0.717, 1.165) is 48.2 Å². The van der Waals surface area contributed by atoms with E-state index in [-0.39, 0.29) is 17.9 Å². The van der Waals surface area contributed by atoms with E-state index in [4.69, 9.17) is 4.74 Å². The largest absolute Gasteiger partial charge is 0.444 e. The average Bonchev–Trinajstić information content (AvgIpc) is 2.74. The Bertz CT molecular complexity index is 979. The number of hydrogen-bond donors (Lipinski definition) is 0. The molecule has 0 aliphatic carbocycles. The molecule has 31 heavy (non-hydrogen) atoms. The van der Waals surface area contributed by atoms with Gasteiger partial charge in [-0.3, -0.25) is 4.79 Å². The number of anilines is 1. The lowest BCUT2D eigenvalue weighted by atomic mass is 9.91. The summed E-state index contributed by atoms with van der Waals surface area (Å²) < 4.78 is 5.50. The van der Waals surface area contributed by atoms with Crippen molar-refractivity contribution in [3.8, 4) is 0 Å². The summed E-state index contributed by atoms with van der Waals surface area (Å²) in [5, 5.41) is 1.04. The van der Waals surface area contributed by atoms with Crippen molar-refractivity contribution in [3.05, 3.63) is 30.2 Å². The van der Waals surface area contributed by atoms with Crippen LogP contribution < -0.4 is 4.90 Å². The molecule has 0 atom stereocenters. The van der Waals surface area contributed by atoms with E-state index in [9.17, 15) is 9.59 Å². The van der Waals surface area contributed by atoms with Crippen molar-refractivity contribution in [2.24, 2.45) is 0 Å². The Morgan fingerprint density at radius 3 is 2.52 bits per heavy atom. The molecule has 4 rings (SSSR count). The van der Waals surface area contributed by atoms with E-state index >= 15 is 0 Å². The topological polar surface area (TPSA) is 78.9 Å². The lowest BCUT2D eigenvalue weighted by molar-refractivity contribution is -0.129. The zero-order valence-electron chi connectivity index (χ0n) is 18.8. The van der Waals surface area contributed by atoms with Crippen LogP contribution in [0.15, 0.2) is 24.5 Å². The molecule has 2 aliphatic heterocycles. The van der Waals surface area contributed by atoms with Gasteiger partial charge in [-0.05, 0) is 51.8 Å². The maximum absolute atomic E-state index is 12.3. The van der Waals surface area contributed by atoms with E-state index in [1.165, 1.54) is 0 Å². The molecule has 8 nitrogen and oxygen atoms in total. The molecule has 2 aromatic rings.